The normalized spacial score (nSPS) is 16.7. The van der Waals surface area contributed by atoms with E-state index in [4.69, 9.17) is 0 Å². The second kappa shape index (κ2) is 7.36. The molecule has 1 aliphatic heterocycles. The van der Waals surface area contributed by atoms with E-state index in [1.165, 1.54) is 0 Å². The Bertz CT molecular complexity index is 684. The molecule has 0 spiro atoms. The monoisotopic (exact) mass is 332 g/mol. The van der Waals surface area contributed by atoms with E-state index >= 15 is 0 Å². The molecule has 0 N–H and O–H groups in total. The molecule has 0 radical (unpaired) electrons. The molecule has 1 amide bonds. The third kappa shape index (κ3) is 3.70. The van der Waals surface area contributed by atoms with Gasteiger partial charge in [0, 0.05) is 26.2 Å². The van der Waals surface area contributed by atoms with Crippen LogP contribution in [0.15, 0.2) is 29.4 Å². The molecule has 124 valence electrons. The minimum absolute atomic E-state index is 0.222. The van der Waals surface area contributed by atoms with Gasteiger partial charge in [0.25, 0.3) is 0 Å². The van der Waals surface area contributed by atoms with Gasteiger partial charge in [-0.1, -0.05) is 23.9 Å². The molecule has 2 aromatic rings. The van der Waals surface area contributed by atoms with Gasteiger partial charge in [-0.2, -0.15) is 0 Å². The van der Waals surface area contributed by atoms with E-state index in [1.54, 1.807) is 11.8 Å². The van der Waals surface area contributed by atoms with E-state index in [-0.39, 0.29) is 5.91 Å². The molecule has 1 aliphatic rings. The zero-order chi connectivity index (χ0) is 16.2. The van der Waals surface area contributed by atoms with Crippen molar-refractivity contribution in [3.8, 4) is 0 Å². The largest absolute Gasteiger partial charge is 0.341 e. The van der Waals surface area contributed by atoms with Gasteiger partial charge in [0.05, 0.1) is 16.8 Å². The first-order chi connectivity index (χ1) is 11.2. The van der Waals surface area contributed by atoms with Gasteiger partial charge in [0.15, 0.2) is 5.16 Å². The molecule has 0 atom stereocenters. The second-order valence-corrected chi connectivity index (χ2v) is 6.90. The van der Waals surface area contributed by atoms with Crippen LogP contribution in [-0.2, 0) is 11.3 Å². The lowest BCUT2D eigenvalue weighted by molar-refractivity contribution is -0.128. The minimum atomic E-state index is 0.222. The van der Waals surface area contributed by atoms with E-state index in [0.717, 1.165) is 55.3 Å². The summed E-state index contributed by atoms with van der Waals surface area (Å²) in [6.07, 6.45) is 1.06. The Kier molecular flexibility index (Phi) is 5.23. The first kappa shape index (κ1) is 16.3. The molecule has 5 nitrogen and oxygen atoms in total. The Morgan fingerprint density at radius 1 is 1.22 bits per heavy atom. The quantitative estimate of drug-likeness (QED) is 0.806. The summed E-state index contributed by atoms with van der Waals surface area (Å²) in [7, 11) is 2.12. The number of para-hydroxylation sites is 2. The van der Waals surface area contributed by atoms with Crippen LogP contribution in [-0.4, -0.2) is 64.2 Å². The number of fused-ring (bicyclic) bond motifs is 1. The molecule has 0 saturated carbocycles. The van der Waals surface area contributed by atoms with Gasteiger partial charge in [-0.25, -0.2) is 4.98 Å². The van der Waals surface area contributed by atoms with E-state index < -0.39 is 0 Å². The van der Waals surface area contributed by atoms with Crippen LogP contribution in [0, 0.1) is 0 Å². The maximum absolute atomic E-state index is 12.5. The third-order valence-corrected chi connectivity index (χ3v) is 5.29. The van der Waals surface area contributed by atoms with Crippen molar-refractivity contribution in [2.75, 3.05) is 39.0 Å². The predicted octanol–water partition coefficient (Wildman–Crippen LogP) is 2.31. The molecule has 0 aliphatic carbocycles. The Morgan fingerprint density at radius 3 is 2.87 bits per heavy atom. The van der Waals surface area contributed by atoms with Gasteiger partial charge in [0.1, 0.15) is 0 Å². The van der Waals surface area contributed by atoms with Crippen LogP contribution >= 0.6 is 11.8 Å². The Morgan fingerprint density at radius 2 is 2.04 bits per heavy atom. The van der Waals surface area contributed by atoms with Crippen molar-refractivity contribution in [3.63, 3.8) is 0 Å². The summed E-state index contributed by atoms with van der Waals surface area (Å²) >= 11 is 1.55. The maximum atomic E-state index is 12.5. The fourth-order valence-electron chi connectivity index (χ4n) is 2.98. The van der Waals surface area contributed by atoms with Crippen molar-refractivity contribution in [2.45, 2.75) is 25.0 Å². The number of carbonyl (C=O) groups is 1. The number of hydrogen-bond donors (Lipinski definition) is 0. The highest BCUT2D eigenvalue weighted by atomic mass is 32.2. The van der Waals surface area contributed by atoms with Crippen molar-refractivity contribution in [3.05, 3.63) is 24.3 Å². The standard InChI is InChI=1S/C17H24N4OS/c1-3-21-15-8-5-4-7-14(15)18-17(21)23-13-16(22)20-10-6-9-19(2)11-12-20/h4-5,7-8H,3,6,9-13H2,1-2H3. The van der Waals surface area contributed by atoms with Gasteiger partial charge in [-0.15, -0.1) is 0 Å². The number of likely N-dealkylation sites (N-methyl/N-ethyl adjacent to an activating group) is 1. The minimum Gasteiger partial charge on any atom is -0.341 e. The molecular formula is C17H24N4OS. The van der Waals surface area contributed by atoms with Gasteiger partial charge < -0.3 is 14.4 Å². The highest BCUT2D eigenvalue weighted by Gasteiger charge is 2.19. The number of carbonyl (C=O) groups excluding carboxylic acids is 1. The summed E-state index contributed by atoms with van der Waals surface area (Å²) < 4.78 is 2.18. The molecule has 1 saturated heterocycles. The molecule has 2 heterocycles. The summed E-state index contributed by atoms with van der Waals surface area (Å²) in [5, 5.41) is 0.939. The highest BCUT2D eigenvalue weighted by molar-refractivity contribution is 7.99. The van der Waals surface area contributed by atoms with Crippen LogP contribution in [0.25, 0.3) is 11.0 Å². The summed E-state index contributed by atoms with van der Waals surface area (Å²) in [6, 6.07) is 8.15. The number of benzene rings is 1. The lowest BCUT2D eigenvalue weighted by Gasteiger charge is -2.20. The first-order valence-corrected chi connectivity index (χ1v) is 9.22. The van der Waals surface area contributed by atoms with Crippen molar-refractivity contribution in [1.29, 1.82) is 0 Å². The summed E-state index contributed by atoms with van der Waals surface area (Å²) in [5.41, 5.74) is 2.14. The Hall–Kier alpha value is -1.53. The van der Waals surface area contributed by atoms with E-state index in [9.17, 15) is 4.79 Å². The zero-order valence-electron chi connectivity index (χ0n) is 13.9. The lowest BCUT2D eigenvalue weighted by atomic mass is 10.3. The van der Waals surface area contributed by atoms with Crippen LogP contribution in [0.2, 0.25) is 0 Å². The maximum Gasteiger partial charge on any atom is 0.233 e. The molecule has 6 heteroatoms. The zero-order valence-corrected chi connectivity index (χ0v) is 14.7. The molecule has 1 aromatic heterocycles. The van der Waals surface area contributed by atoms with Gasteiger partial charge >= 0.3 is 0 Å². The second-order valence-electron chi connectivity index (χ2n) is 5.95. The molecule has 0 bridgehead atoms. The number of aromatic nitrogens is 2. The summed E-state index contributed by atoms with van der Waals surface area (Å²) in [5.74, 6) is 0.688. The fraction of sp³-hybridized carbons (Fsp3) is 0.529. The number of imidazole rings is 1. The summed E-state index contributed by atoms with van der Waals surface area (Å²) in [4.78, 5) is 21.5. The highest BCUT2D eigenvalue weighted by Crippen LogP contribution is 2.24. The molecule has 3 rings (SSSR count). The third-order valence-electron chi connectivity index (χ3n) is 4.33. The number of amides is 1. The van der Waals surface area contributed by atoms with E-state index in [2.05, 4.69) is 34.5 Å². The van der Waals surface area contributed by atoms with Crippen LogP contribution < -0.4 is 0 Å². The average molecular weight is 332 g/mol. The molecule has 23 heavy (non-hydrogen) atoms. The first-order valence-electron chi connectivity index (χ1n) is 8.23. The SMILES string of the molecule is CCn1c(SCC(=O)N2CCCN(C)CC2)nc2ccccc21. The number of aryl methyl sites for hydroxylation is 1. The van der Waals surface area contributed by atoms with Crippen molar-refractivity contribution < 1.29 is 4.79 Å². The lowest BCUT2D eigenvalue weighted by Crippen LogP contribution is -2.35. The van der Waals surface area contributed by atoms with Gasteiger partial charge in [0.2, 0.25) is 5.91 Å². The van der Waals surface area contributed by atoms with Crippen molar-refractivity contribution in [1.82, 2.24) is 19.4 Å². The molecule has 1 fully saturated rings. The molecule has 0 unspecified atom stereocenters. The van der Waals surface area contributed by atoms with Crippen LogP contribution in [0.3, 0.4) is 0 Å². The predicted molar refractivity (Wildman–Crippen MR) is 94.8 cm³/mol. The van der Waals surface area contributed by atoms with Gasteiger partial charge in [-0.05, 0) is 39.1 Å². The van der Waals surface area contributed by atoms with Gasteiger partial charge in [-0.3, -0.25) is 4.79 Å². The average Bonchev–Trinajstić information content (AvgIpc) is 2.78. The smallest absolute Gasteiger partial charge is 0.233 e. The number of rotatable bonds is 4. The van der Waals surface area contributed by atoms with Crippen molar-refractivity contribution in [2.24, 2.45) is 0 Å². The number of thioether (sulfide) groups is 1. The van der Waals surface area contributed by atoms with Crippen LogP contribution in [0.1, 0.15) is 13.3 Å². The van der Waals surface area contributed by atoms with Crippen LogP contribution in [0.4, 0.5) is 0 Å². The molecule has 1 aromatic carbocycles. The Balaban J connectivity index is 1.67. The van der Waals surface area contributed by atoms with E-state index in [0.29, 0.717) is 5.75 Å². The fourth-order valence-corrected chi connectivity index (χ4v) is 3.96. The van der Waals surface area contributed by atoms with Crippen LogP contribution in [0.5, 0.6) is 0 Å². The van der Waals surface area contributed by atoms with E-state index in [1.807, 2.05) is 23.1 Å². The van der Waals surface area contributed by atoms with Crippen molar-refractivity contribution >= 4 is 28.7 Å². The Labute approximate surface area is 141 Å². The summed E-state index contributed by atoms with van der Waals surface area (Å²) in [6.45, 7) is 6.72. The number of hydrogen-bond acceptors (Lipinski definition) is 4. The topological polar surface area (TPSA) is 41.4 Å². The molecular weight excluding hydrogens is 308 g/mol. The number of nitrogens with zero attached hydrogens (tertiary/aromatic N) is 4.